The average Bonchev–Trinajstić information content (AvgIpc) is 2.63. The fraction of sp³-hybridized carbons (Fsp3) is 0.308. The first-order chi connectivity index (χ1) is 8.13. The lowest BCUT2D eigenvalue weighted by Gasteiger charge is -2.15. The largest absolute Gasteiger partial charge is 0.399 e. The van der Waals surface area contributed by atoms with Crippen LogP contribution in [0.1, 0.15) is 16.3 Å². The molecule has 1 aromatic carbocycles. The van der Waals surface area contributed by atoms with Crippen LogP contribution in [0.2, 0.25) is 0 Å². The molecule has 1 heterocycles. The lowest BCUT2D eigenvalue weighted by molar-refractivity contribution is 0.315. The molecule has 0 amide bonds. The molecular formula is C13H19Cl2N3S. The van der Waals surface area contributed by atoms with Gasteiger partial charge in [-0.2, -0.15) is 0 Å². The normalized spacial score (nSPS) is 9.84. The number of hydrogen-bond donors (Lipinski definition) is 1. The van der Waals surface area contributed by atoms with E-state index in [9.17, 15) is 0 Å². The van der Waals surface area contributed by atoms with Gasteiger partial charge in [0.1, 0.15) is 0 Å². The highest BCUT2D eigenvalue weighted by Gasteiger charge is 2.04. The van der Waals surface area contributed by atoms with Gasteiger partial charge in [-0.1, -0.05) is 12.1 Å². The molecule has 0 bridgehead atoms. The third-order valence-corrected chi connectivity index (χ3v) is 3.32. The van der Waals surface area contributed by atoms with Gasteiger partial charge in [0.15, 0.2) is 0 Å². The Morgan fingerprint density at radius 2 is 2.00 bits per heavy atom. The number of nitrogens with two attached hydrogens (primary N) is 1. The first-order valence-electron chi connectivity index (χ1n) is 5.57. The molecule has 2 N–H and O–H groups in total. The molecule has 0 unspecified atom stereocenters. The first kappa shape index (κ1) is 18.2. The summed E-state index contributed by atoms with van der Waals surface area (Å²) >= 11 is 1.70. The van der Waals surface area contributed by atoms with Crippen LogP contribution in [0.25, 0.3) is 0 Å². The van der Waals surface area contributed by atoms with Crippen LogP contribution in [0.5, 0.6) is 0 Å². The van der Waals surface area contributed by atoms with Crippen LogP contribution in [-0.2, 0) is 13.1 Å². The van der Waals surface area contributed by atoms with Crippen molar-refractivity contribution in [2.75, 3.05) is 12.8 Å². The maximum absolute atomic E-state index is 5.76. The van der Waals surface area contributed by atoms with E-state index in [2.05, 4.69) is 28.4 Å². The Labute approximate surface area is 130 Å². The Bertz CT molecular complexity index is 502. The molecule has 0 saturated carbocycles. The zero-order chi connectivity index (χ0) is 12.3. The second-order valence-electron chi connectivity index (χ2n) is 4.28. The van der Waals surface area contributed by atoms with E-state index >= 15 is 0 Å². The molecule has 2 rings (SSSR count). The van der Waals surface area contributed by atoms with Gasteiger partial charge in [-0.3, -0.25) is 4.90 Å². The molecule has 6 heteroatoms. The van der Waals surface area contributed by atoms with E-state index in [1.54, 1.807) is 11.3 Å². The van der Waals surface area contributed by atoms with Gasteiger partial charge >= 0.3 is 0 Å². The molecule has 0 fully saturated rings. The molecule has 106 valence electrons. The van der Waals surface area contributed by atoms with E-state index < -0.39 is 0 Å². The molecule has 2 aromatic rings. The summed E-state index contributed by atoms with van der Waals surface area (Å²) in [4.78, 5) is 6.70. The quantitative estimate of drug-likeness (QED) is 0.877. The molecule has 0 atom stereocenters. The zero-order valence-corrected chi connectivity index (χ0v) is 13.4. The molecule has 0 aliphatic heterocycles. The number of hydrogen-bond acceptors (Lipinski definition) is 4. The van der Waals surface area contributed by atoms with Crippen molar-refractivity contribution in [3.8, 4) is 0 Å². The lowest BCUT2D eigenvalue weighted by atomic mass is 10.2. The fourth-order valence-electron chi connectivity index (χ4n) is 1.82. The van der Waals surface area contributed by atoms with Crippen LogP contribution >= 0.6 is 36.2 Å². The minimum absolute atomic E-state index is 0. The van der Waals surface area contributed by atoms with E-state index in [4.69, 9.17) is 5.73 Å². The Morgan fingerprint density at radius 3 is 2.58 bits per heavy atom. The number of nitrogen functional groups attached to an aromatic ring is 1. The van der Waals surface area contributed by atoms with Crippen LogP contribution in [0, 0.1) is 6.92 Å². The predicted octanol–water partition coefficient (Wildman–Crippen LogP) is 3.51. The van der Waals surface area contributed by atoms with Crippen LogP contribution in [-0.4, -0.2) is 16.9 Å². The summed E-state index contributed by atoms with van der Waals surface area (Å²) in [6.07, 6.45) is 0. The summed E-state index contributed by atoms with van der Waals surface area (Å²) in [5.41, 5.74) is 8.95. The summed E-state index contributed by atoms with van der Waals surface area (Å²) in [6, 6.07) is 8.01. The Balaban J connectivity index is 0.00000162. The molecule has 0 radical (unpaired) electrons. The third-order valence-electron chi connectivity index (χ3n) is 2.50. The number of nitrogens with zero attached hydrogens (tertiary/aromatic N) is 2. The van der Waals surface area contributed by atoms with Crippen molar-refractivity contribution in [3.05, 3.63) is 45.9 Å². The maximum Gasteiger partial charge on any atom is 0.0897 e. The van der Waals surface area contributed by atoms with Crippen molar-refractivity contribution < 1.29 is 0 Å². The van der Waals surface area contributed by atoms with Crippen molar-refractivity contribution in [1.29, 1.82) is 0 Å². The fourth-order valence-corrected chi connectivity index (χ4v) is 2.42. The molecule has 0 aliphatic rings. The number of benzene rings is 1. The molecule has 0 spiro atoms. The maximum atomic E-state index is 5.76. The van der Waals surface area contributed by atoms with Gasteiger partial charge < -0.3 is 5.73 Å². The van der Waals surface area contributed by atoms with Gasteiger partial charge in [-0.15, -0.1) is 36.2 Å². The second-order valence-corrected chi connectivity index (χ2v) is 5.34. The third kappa shape index (κ3) is 5.78. The summed E-state index contributed by atoms with van der Waals surface area (Å²) in [6.45, 7) is 3.80. The van der Waals surface area contributed by atoms with Gasteiger partial charge in [0, 0.05) is 24.2 Å². The Morgan fingerprint density at radius 1 is 1.26 bits per heavy atom. The predicted molar refractivity (Wildman–Crippen MR) is 87.4 cm³/mol. The number of halogens is 2. The van der Waals surface area contributed by atoms with Crippen LogP contribution < -0.4 is 5.73 Å². The molecular weight excluding hydrogens is 301 g/mol. The van der Waals surface area contributed by atoms with Crippen molar-refractivity contribution in [2.24, 2.45) is 0 Å². The highest BCUT2D eigenvalue weighted by atomic mass is 35.5. The van der Waals surface area contributed by atoms with Crippen molar-refractivity contribution >= 4 is 41.8 Å². The van der Waals surface area contributed by atoms with Crippen molar-refractivity contribution in [3.63, 3.8) is 0 Å². The van der Waals surface area contributed by atoms with Gasteiger partial charge in [0.25, 0.3) is 0 Å². The van der Waals surface area contributed by atoms with E-state index in [1.807, 2.05) is 25.1 Å². The first-order valence-corrected chi connectivity index (χ1v) is 6.45. The average molecular weight is 320 g/mol. The number of thiazole rings is 1. The highest BCUT2D eigenvalue weighted by Crippen LogP contribution is 2.13. The SMILES string of the molecule is Cc1nc(CN(C)Cc2cccc(N)c2)cs1.Cl.Cl. The Hall–Kier alpha value is -0.810. The zero-order valence-electron chi connectivity index (χ0n) is 11.0. The summed E-state index contributed by atoms with van der Waals surface area (Å²) in [7, 11) is 2.10. The van der Waals surface area contributed by atoms with E-state index in [1.165, 1.54) is 5.56 Å². The topological polar surface area (TPSA) is 42.2 Å². The second kappa shape index (κ2) is 8.38. The summed E-state index contributed by atoms with van der Waals surface area (Å²) < 4.78 is 0. The molecule has 0 aliphatic carbocycles. The monoisotopic (exact) mass is 319 g/mol. The molecule has 1 aromatic heterocycles. The van der Waals surface area contributed by atoms with Gasteiger partial charge in [0.05, 0.1) is 10.7 Å². The highest BCUT2D eigenvalue weighted by molar-refractivity contribution is 7.09. The van der Waals surface area contributed by atoms with Crippen LogP contribution in [0.15, 0.2) is 29.6 Å². The number of aryl methyl sites for hydroxylation is 1. The summed E-state index contributed by atoms with van der Waals surface area (Å²) in [5, 5.41) is 3.24. The van der Waals surface area contributed by atoms with Crippen molar-refractivity contribution in [1.82, 2.24) is 9.88 Å². The minimum Gasteiger partial charge on any atom is -0.399 e. The van der Waals surface area contributed by atoms with E-state index in [-0.39, 0.29) is 24.8 Å². The van der Waals surface area contributed by atoms with Crippen LogP contribution in [0.3, 0.4) is 0 Å². The lowest BCUT2D eigenvalue weighted by Crippen LogP contribution is -2.17. The Kier molecular flexibility index (Phi) is 8.02. The smallest absolute Gasteiger partial charge is 0.0897 e. The van der Waals surface area contributed by atoms with Gasteiger partial charge in [-0.25, -0.2) is 4.98 Å². The summed E-state index contributed by atoms with van der Waals surface area (Å²) in [5.74, 6) is 0. The minimum atomic E-state index is 0. The molecule has 3 nitrogen and oxygen atoms in total. The number of anilines is 1. The van der Waals surface area contributed by atoms with Crippen LogP contribution in [0.4, 0.5) is 5.69 Å². The van der Waals surface area contributed by atoms with Crippen molar-refractivity contribution in [2.45, 2.75) is 20.0 Å². The van der Waals surface area contributed by atoms with Gasteiger partial charge in [0.2, 0.25) is 0 Å². The molecule has 0 saturated heterocycles. The van der Waals surface area contributed by atoms with Gasteiger partial charge in [-0.05, 0) is 31.7 Å². The molecule has 19 heavy (non-hydrogen) atoms. The number of aromatic nitrogens is 1. The number of rotatable bonds is 4. The standard InChI is InChI=1S/C13H17N3S.2ClH/c1-10-15-13(9-17-10)8-16(2)7-11-4-3-5-12(14)6-11;;/h3-6,9H,7-8,14H2,1-2H3;2*1H. The van der Waals surface area contributed by atoms with E-state index in [0.717, 1.165) is 29.5 Å². The van der Waals surface area contributed by atoms with E-state index in [0.29, 0.717) is 0 Å².